The van der Waals surface area contributed by atoms with Crippen LogP contribution in [0.2, 0.25) is 0 Å². The highest BCUT2D eigenvalue weighted by Gasteiger charge is 2.11. The summed E-state index contributed by atoms with van der Waals surface area (Å²) < 4.78 is 0. The number of pyridine rings is 1. The van der Waals surface area contributed by atoms with E-state index in [9.17, 15) is 5.11 Å². The molecule has 6 nitrogen and oxygen atoms in total. The molecule has 0 aliphatic heterocycles. The van der Waals surface area contributed by atoms with Crippen LogP contribution in [-0.2, 0) is 6.54 Å². The maximum absolute atomic E-state index is 9.30. The van der Waals surface area contributed by atoms with Crippen molar-refractivity contribution in [2.45, 2.75) is 6.54 Å². The number of nitrogen functional groups attached to an aromatic ring is 3. The van der Waals surface area contributed by atoms with Crippen LogP contribution in [0.4, 0.5) is 17.2 Å². The maximum atomic E-state index is 9.30. The van der Waals surface area contributed by atoms with Crippen molar-refractivity contribution in [3.8, 4) is 5.75 Å². The summed E-state index contributed by atoms with van der Waals surface area (Å²) in [5.74, 6) is -0.102. The number of aromatic nitrogens is 1. The Labute approximate surface area is 69.2 Å². The van der Waals surface area contributed by atoms with Crippen LogP contribution < -0.4 is 22.9 Å². The summed E-state index contributed by atoms with van der Waals surface area (Å²) in [6.07, 6.45) is 0. The molecule has 0 aliphatic carbocycles. The Kier molecular flexibility index (Phi) is 1.92. The van der Waals surface area contributed by atoms with Crippen LogP contribution in [0.5, 0.6) is 5.75 Å². The minimum atomic E-state index is -0.191. The fraction of sp³-hybridized carbons (Fsp3) is 0.167. The molecule has 6 heteroatoms. The highest BCUT2D eigenvalue weighted by Crippen LogP contribution is 2.32. The zero-order chi connectivity index (χ0) is 9.30. The highest BCUT2D eigenvalue weighted by atomic mass is 16.3. The molecular formula is C6H11N5O. The van der Waals surface area contributed by atoms with Crippen LogP contribution in [0.1, 0.15) is 5.69 Å². The van der Waals surface area contributed by atoms with Crippen LogP contribution >= 0.6 is 0 Å². The highest BCUT2D eigenvalue weighted by molar-refractivity contribution is 5.79. The molecule has 1 aromatic heterocycles. The lowest BCUT2D eigenvalue weighted by Crippen LogP contribution is -2.08. The van der Waals surface area contributed by atoms with E-state index in [2.05, 4.69) is 4.98 Å². The lowest BCUT2D eigenvalue weighted by atomic mass is 10.2. The fourth-order valence-electron chi connectivity index (χ4n) is 0.822. The van der Waals surface area contributed by atoms with E-state index in [1.165, 1.54) is 0 Å². The first kappa shape index (κ1) is 8.41. The van der Waals surface area contributed by atoms with E-state index in [1.807, 2.05) is 0 Å². The van der Waals surface area contributed by atoms with Gasteiger partial charge in [0.05, 0.1) is 0 Å². The molecule has 12 heavy (non-hydrogen) atoms. The second-order valence-electron chi connectivity index (χ2n) is 2.32. The van der Waals surface area contributed by atoms with Gasteiger partial charge in [0.2, 0.25) is 0 Å². The summed E-state index contributed by atoms with van der Waals surface area (Å²) in [5, 5.41) is 9.30. The zero-order valence-corrected chi connectivity index (χ0v) is 6.41. The summed E-state index contributed by atoms with van der Waals surface area (Å²) in [5.41, 5.74) is 21.8. The molecule has 66 valence electrons. The SMILES string of the molecule is NCc1nc(N)c(N)c(N)c1O. The van der Waals surface area contributed by atoms with Gasteiger partial charge in [0.1, 0.15) is 22.9 Å². The molecule has 1 heterocycles. The van der Waals surface area contributed by atoms with Crippen LogP contribution in [0, 0.1) is 0 Å². The molecule has 0 saturated carbocycles. The van der Waals surface area contributed by atoms with Crippen molar-refractivity contribution in [2.75, 3.05) is 17.2 Å². The Hall–Kier alpha value is -1.69. The van der Waals surface area contributed by atoms with Gasteiger partial charge >= 0.3 is 0 Å². The molecule has 0 atom stereocenters. The first-order valence-corrected chi connectivity index (χ1v) is 3.30. The van der Waals surface area contributed by atoms with Crippen molar-refractivity contribution in [1.82, 2.24) is 4.98 Å². The molecule has 0 aliphatic rings. The van der Waals surface area contributed by atoms with Crippen LogP contribution in [0.3, 0.4) is 0 Å². The van der Waals surface area contributed by atoms with Gasteiger partial charge in [-0.1, -0.05) is 0 Å². The second kappa shape index (κ2) is 2.74. The van der Waals surface area contributed by atoms with E-state index in [0.717, 1.165) is 0 Å². The molecule has 0 unspecified atom stereocenters. The topological polar surface area (TPSA) is 137 Å². The lowest BCUT2D eigenvalue weighted by Gasteiger charge is -2.08. The summed E-state index contributed by atoms with van der Waals surface area (Å²) in [6, 6.07) is 0. The van der Waals surface area contributed by atoms with Gasteiger partial charge in [-0.3, -0.25) is 0 Å². The quantitative estimate of drug-likeness (QED) is 0.365. The van der Waals surface area contributed by atoms with Gasteiger partial charge in [-0.25, -0.2) is 4.98 Å². The summed E-state index contributed by atoms with van der Waals surface area (Å²) in [6.45, 7) is 0.0700. The predicted molar refractivity (Wildman–Crippen MR) is 47.0 cm³/mol. The van der Waals surface area contributed by atoms with E-state index < -0.39 is 0 Å². The van der Waals surface area contributed by atoms with Gasteiger partial charge in [0.15, 0.2) is 5.75 Å². The zero-order valence-electron chi connectivity index (χ0n) is 6.41. The number of hydrogen-bond acceptors (Lipinski definition) is 6. The maximum Gasteiger partial charge on any atom is 0.163 e. The van der Waals surface area contributed by atoms with Crippen molar-refractivity contribution < 1.29 is 5.11 Å². The third-order valence-electron chi connectivity index (χ3n) is 1.54. The van der Waals surface area contributed by atoms with Crippen LogP contribution in [0.15, 0.2) is 0 Å². The number of nitrogens with zero attached hydrogens (tertiary/aromatic N) is 1. The van der Waals surface area contributed by atoms with Gasteiger partial charge in [0.25, 0.3) is 0 Å². The Morgan fingerprint density at radius 2 is 1.75 bits per heavy atom. The molecule has 0 amide bonds. The smallest absolute Gasteiger partial charge is 0.163 e. The number of nitrogens with two attached hydrogens (primary N) is 4. The van der Waals surface area contributed by atoms with Crippen molar-refractivity contribution in [2.24, 2.45) is 5.73 Å². The van der Waals surface area contributed by atoms with E-state index in [1.54, 1.807) is 0 Å². The third kappa shape index (κ3) is 1.08. The van der Waals surface area contributed by atoms with Gasteiger partial charge in [-0.05, 0) is 0 Å². The molecular weight excluding hydrogens is 158 g/mol. The second-order valence-corrected chi connectivity index (χ2v) is 2.32. The lowest BCUT2D eigenvalue weighted by molar-refractivity contribution is 0.467. The van der Waals surface area contributed by atoms with Crippen molar-refractivity contribution >= 4 is 17.2 Å². The molecule has 0 radical (unpaired) electrons. The van der Waals surface area contributed by atoms with Gasteiger partial charge in [0, 0.05) is 6.54 Å². The average Bonchev–Trinajstić information content (AvgIpc) is 2.08. The molecule has 0 spiro atoms. The summed E-state index contributed by atoms with van der Waals surface area (Å²) in [4.78, 5) is 3.75. The van der Waals surface area contributed by atoms with E-state index >= 15 is 0 Å². The van der Waals surface area contributed by atoms with Crippen LogP contribution in [0.25, 0.3) is 0 Å². The number of hydrogen-bond donors (Lipinski definition) is 5. The number of rotatable bonds is 1. The van der Waals surface area contributed by atoms with Crippen LogP contribution in [-0.4, -0.2) is 10.1 Å². The summed E-state index contributed by atoms with van der Waals surface area (Å²) in [7, 11) is 0. The first-order valence-electron chi connectivity index (χ1n) is 3.30. The van der Waals surface area contributed by atoms with E-state index in [4.69, 9.17) is 22.9 Å². The monoisotopic (exact) mass is 169 g/mol. The molecule has 0 saturated heterocycles. The Balaban J connectivity index is 3.39. The Bertz CT molecular complexity index is 311. The first-order chi connectivity index (χ1) is 5.57. The Morgan fingerprint density at radius 1 is 1.17 bits per heavy atom. The van der Waals surface area contributed by atoms with Crippen molar-refractivity contribution in [3.05, 3.63) is 5.69 Å². The normalized spacial score (nSPS) is 10.1. The van der Waals surface area contributed by atoms with Crippen molar-refractivity contribution in [1.29, 1.82) is 0 Å². The van der Waals surface area contributed by atoms with E-state index in [0.29, 0.717) is 0 Å². The Morgan fingerprint density at radius 3 is 2.25 bits per heavy atom. The van der Waals surface area contributed by atoms with Gasteiger partial charge in [-0.2, -0.15) is 0 Å². The standard InChI is InChI=1S/C6H11N5O/c7-1-2-5(12)3(8)4(9)6(10)11-2/h12H,1,7,9H2,(H4,8,10,11). The van der Waals surface area contributed by atoms with E-state index in [-0.39, 0.29) is 35.2 Å². The molecule has 0 bridgehead atoms. The largest absolute Gasteiger partial charge is 0.504 e. The van der Waals surface area contributed by atoms with Gasteiger partial charge in [-0.15, -0.1) is 0 Å². The average molecular weight is 169 g/mol. The summed E-state index contributed by atoms with van der Waals surface area (Å²) >= 11 is 0. The minimum absolute atomic E-state index is 0.0305. The molecule has 0 aromatic carbocycles. The molecule has 0 fully saturated rings. The minimum Gasteiger partial charge on any atom is -0.504 e. The molecule has 9 N–H and O–H groups in total. The predicted octanol–water partition coefficient (Wildman–Crippen LogP) is -1.01. The third-order valence-corrected chi connectivity index (χ3v) is 1.54. The molecule has 1 rings (SSSR count). The number of anilines is 3. The van der Waals surface area contributed by atoms with Gasteiger partial charge < -0.3 is 28.0 Å². The molecule has 1 aromatic rings. The fourth-order valence-corrected chi connectivity index (χ4v) is 0.822. The number of aromatic hydroxyl groups is 1. The van der Waals surface area contributed by atoms with Crippen molar-refractivity contribution in [3.63, 3.8) is 0 Å².